The van der Waals surface area contributed by atoms with E-state index in [2.05, 4.69) is 0 Å². The fourth-order valence-electron chi connectivity index (χ4n) is 1.88. The van der Waals surface area contributed by atoms with Crippen LogP contribution in [0.1, 0.15) is 11.1 Å². The number of ether oxygens (including phenoxy) is 1. The molecule has 2 aromatic carbocycles. The predicted octanol–water partition coefficient (Wildman–Crippen LogP) is 3.70. The van der Waals surface area contributed by atoms with Gasteiger partial charge in [-0.25, -0.2) is 0 Å². The van der Waals surface area contributed by atoms with Crippen molar-refractivity contribution in [2.24, 2.45) is 0 Å². The van der Waals surface area contributed by atoms with E-state index in [1.165, 1.54) is 6.08 Å². The van der Waals surface area contributed by atoms with Gasteiger partial charge in [-0.2, -0.15) is 0 Å². The number of rotatable bonds is 5. The summed E-state index contributed by atoms with van der Waals surface area (Å²) in [5, 5.41) is 9.25. The molecule has 0 aliphatic heterocycles. The van der Waals surface area contributed by atoms with Crippen molar-refractivity contribution in [2.75, 3.05) is 7.11 Å². The molecule has 0 aromatic heterocycles. The SMILES string of the molecule is COc1ccc(C(=C\C=O)/C=C/c2ccc(O)cc2)cc1. The fraction of sp³-hybridized carbons (Fsp3) is 0.0556. The summed E-state index contributed by atoms with van der Waals surface area (Å²) < 4.78 is 5.12. The van der Waals surface area contributed by atoms with Crippen LogP contribution in [0.5, 0.6) is 11.5 Å². The number of aldehydes is 1. The second-order valence-corrected chi connectivity index (χ2v) is 4.41. The zero-order chi connectivity index (χ0) is 15.1. The minimum atomic E-state index is 0.228. The third-order valence-corrected chi connectivity index (χ3v) is 3.02. The van der Waals surface area contributed by atoms with E-state index in [4.69, 9.17) is 4.74 Å². The quantitative estimate of drug-likeness (QED) is 0.516. The first-order valence-corrected chi connectivity index (χ1v) is 6.50. The topological polar surface area (TPSA) is 46.5 Å². The maximum absolute atomic E-state index is 10.8. The molecule has 3 nitrogen and oxygen atoms in total. The maximum Gasteiger partial charge on any atom is 0.143 e. The Morgan fingerprint density at radius 2 is 1.71 bits per heavy atom. The lowest BCUT2D eigenvalue weighted by atomic mass is 10.0. The van der Waals surface area contributed by atoms with Crippen LogP contribution in [0.3, 0.4) is 0 Å². The monoisotopic (exact) mass is 280 g/mol. The summed E-state index contributed by atoms with van der Waals surface area (Å²) in [6.07, 6.45) is 6.03. The molecule has 0 atom stereocenters. The highest BCUT2D eigenvalue weighted by atomic mass is 16.5. The summed E-state index contributed by atoms with van der Waals surface area (Å²) in [6.45, 7) is 0. The van der Waals surface area contributed by atoms with Gasteiger partial charge in [0.15, 0.2) is 0 Å². The normalized spacial score (nSPS) is 11.6. The van der Waals surface area contributed by atoms with Gasteiger partial charge in [0.1, 0.15) is 17.8 Å². The van der Waals surface area contributed by atoms with Gasteiger partial charge < -0.3 is 9.84 Å². The Labute approximate surface area is 123 Å². The molecule has 3 heteroatoms. The van der Waals surface area contributed by atoms with Crippen LogP contribution in [0.15, 0.2) is 60.7 Å². The van der Waals surface area contributed by atoms with Crippen LogP contribution in [0.2, 0.25) is 0 Å². The van der Waals surface area contributed by atoms with Crippen LogP contribution in [-0.4, -0.2) is 18.5 Å². The van der Waals surface area contributed by atoms with E-state index in [1.54, 1.807) is 31.4 Å². The van der Waals surface area contributed by atoms with Gasteiger partial charge in [-0.3, -0.25) is 4.79 Å². The molecule has 0 unspecified atom stereocenters. The van der Waals surface area contributed by atoms with Gasteiger partial charge in [0.05, 0.1) is 7.11 Å². The second kappa shape index (κ2) is 7.10. The zero-order valence-corrected chi connectivity index (χ0v) is 11.7. The van der Waals surface area contributed by atoms with Gasteiger partial charge in [-0.1, -0.05) is 36.4 Å². The summed E-state index contributed by atoms with van der Waals surface area (Å²) in [4.78, 5) is 10.8. The lowest BCUT2D eigenvalue weighted by Crippen LogP contribution is -1.85. The van der Waals surface area contributed by atoms with Crippen molar-refractivity contribution in [3.63, 3.8) is 0 Å². The van der Waals surface area contributed by atoms with E-state index >= 15 is 0 Å². The number of phenols is 1. The fourth-order valence-corrected chi connectivity index (χ4v) is 1.88. The molecule has 0 saturated heterocycles. The van der Waals surface area contributed by atoms with E-state index in [1.807, 2.05) is 36.4 Å². The van der Waals surface area contributed by atoms with Crippen LogP contribution < -0.4 is 4.74 Å². The summed E-state index contributed by atoms with van der Waals surface area (Å²) in [6, 6.07) is 14.3. The molecule has 2 aromatic rings. The first-order chi connectivity index (χ1) is 10.2. The highest BCUT2D eigenvalue weighted by molar-refractivity contribution is 5.88. The lowest BCUT2D eigenvalue weighted by molar-refractivity contribution is -0.104. The summed E-state index contributed by atoms with van der Waals surface area (Å²) in [5.74, 6) is 0.998. The number of carbonyl (C=O) groups is 1. The Bertz CT molecular complexity index is 650. The Kier molecular flexibility index (Phi) is 4.94. The van der Waals surface area contributed by atoms with Crippen LogP contribution in [0, 0.1) is 0 Å². The zero-order valence-electron chi connectivity index (χ0n) is 11.7. The van der Waals surface area contributed by atoms with E-state index < -0.39 is 0 Å². The number of hydrogen-bond donors (Lipinski definition) is 1. The number of benzene rings is 2. The second-order valence-electron chi connectivity index (χ2n) is 4.41. The third kappa shape index (κ3) is 4.08. The summed E-state index contributed by atoms with van der Waals surface area (Å²) >= 11 is 0. The average Bonchev–Trinajstić information content (AvgIpc) is 2.53. The van der Waals surface area contributed by atoms with Gasteiger partial charge in [-0.05, 0) is 47.0 Å². The third-order valence-electron chi connectivity index (χ3n) is 3.02. The molecule has 0 aliphatic rings. The number of aromatic hydroxyl groups is 1. The molecule has 2 rings (SSSR count). The summed E-state index contributed by atoms with van der Waals surface area (Å²) in [7, 11) is 1.61. The summed E-state index contributed by atoms with van der Waals surface area (Å²) in [5.41, 5.74) is 2.68. The van der Waals surface area contributed by atoms with Crippen molar-refractivity contribution in [2.45, 2.75) is 0 Å². The molecule has 0 fully saturated rings. The Hall–Kier alpha value is -2.81. The Balaban J connectivity index is 2.24. The van der Waals surface area contributed by atoms with Crippen LogP contribution in [-0.2, 0) is 4.79 Å². The number of methoxy groups -OCH3 is 1. The van der Waals surface area contributed by atoms with Crippen molar-refractivity contribution in [3.8, 4) is 11.5 Å². The number of hydrogen-bond acceptors (Lipinski definition) is 3. The van der Waals surface area contributed by atoms with Crippen molar-refractivity contribution in [1.82, 2.24) is 0 Å². The van der Waals surface area contributed by atoms with Gasteiger partial charge in [-0.15, -0.1) is 0 Å². The highest BCUT2D eigenvalue weighted by Crippen LogP contribution is 2.21. The maximum atomic E-state index is 10.8. The van der Waals surface area contributed by atoms with Gasteiger partial charge in [0.25, 0.3) is 0 Å². The highest BCUT2D eigenvalue weighted by Gasteiger charge is 1.99. The van der Waals surface area contributed by atoms with Gasteiger partial charge in [0.2, 0.25) is 0 Å². The standard InChI is InChI=1S/C18H16O3/c1-21-18-10-6-15(7-11-18)16(12-13-19)5-2-14-3-8-17(20)9-4-14/h2-13,20H,1H3/b5-2+,16-12-. The van der Waals surface area contributed by atoms with E-state index in [0.29, 0.717) is 0 Å². The van der Waals surface area contributed by atoms with Crippen LogP contribution in [0.25, 0.3) is 11.6 Å². The van der Waals surface area contributed by atoms with E-state index in [0.717, 1.165) is 28.7 Å². The van der Waals surface area contributed by atoms with E-state index in [9.17, 15) is 9.90 Å². The minimum Gasteiger partial charge on any atom is -0.508 e. The lowest BCUT2D eigenvalue weighted by Gasteiger charge is -2.04. The first kappa shape index (κ1) is 14.6. The molecular formula is C18H16O3. The van der Waals surface area contributed by atoms with Crippen molar-refractivity contribution >= 4 is 17.9 Å². The number of allylic oxidation sites excluding steroid dienone is 3. The molecule has 0 heterocycles. The molecule has 106 valence electrons. The molecule has 0 bridgehead atoms. The number of carbonyl (C=O) groups excluding carboxylic acids is 1. The molecule has 21 heavy (non-hydrogen) atoms. The van der Waals surface area contributed by atoms with Crippen molar-refractivity contribution < 1.29 is 14.6 Å². The molecule has 0 aliphatic carbocycles. The molecular weight excluding hydrogens is 264 g/mol. The van der Waals surface area contributed by atoms with Crippen LogP contribution >= 0.6 is 0 Å². The van der Waals surface area contributed by atoms with Crippen molar-refractivity contribution in [1.29, 1.82) is 0 Å². The largest absolute Gasteiger partial charge is 0.508 e. The Morgan fingerprint density at radius 1 is 1.05 bits per heavy atom. The van der Waals surface area contributed by atoms with Gasteiger partial charge >= 0.3 is 0 Å². The van der Waals surface area contributed by atoms with Gasteiger partial charge in [0, 0.05) is 0 Å². The first-order valence-electron chi connectivity index (χ1n) is 6.50. The molecule has 1 N–H and O–H groups in total. The van der Waals surface area contributed by atoms with E-state index in [-0.39, 0.29) is 5.75 Å². The minimum absolute atomic E-state index is 0.228. The molecule has 0 spiro atoms. The van der Waals surface area contributed by atoms with Crippen molar-refractivity contribution in [3.05, 3.63) is 71.8 Å². The number of phenolic OH excluding ortho intramolecular Hbond substituents is 1. The average molecular weight is 280 g/mol. The molecule has 0 saturated carbocycles. The molecule has 0 radical (unpaired) electrons. The smallest absolute Gasteiger partial charge is 0.143 e. The molecule has 0 amide bonds. The Morgan fingerprint density at radius 3 is 2.29 bits per heavy atom. The predicted molar refractivity (Wildman–Crippen MR) is 84.2 cm³/mol. The van der Waals surface area contributed by atoms with Crippen LogP contribution in [0.4, 0.5) is 0 Å².